The van der Waals surface area contributed by atoms with Gasteiger partial charge in [-0.15, -0.1) is 0 Å². The van der Waals surface area contributed by atoms with Crippen molar-refractivity contribution in [1.82, 2.24) is 0 Å². The van der Waals surface area contributed by atoms with E-state index in [2.05, 4.69) is 11.1 Å². The summed E-state index contributed by atoms with van der Waals surface area (Å²) in [7, 11) is 1.65. The molecule has 3 aromatic rings. The number of aliphatic imine (C=N–C) groups is 1. The third-order valence-corrected chi connectivity index (χ3v) is 5.08. The summed E-state index contributed by atoms with van der Waals surface area (Å²) in [6, 6.07) is 23.7. The summed E-state index contributed by atoms with van der Waals surface area (Å²) in [6.07, 6.45) is 3.64. The van der Waals surface area contributed by atoms with Gasteiger partial charge in [0.05, 0.1) is 12.8 Å². The van der Waals surface area contributed by atoms with Gasteiger partial charge in [-0.3, -0.25) is 9.79 Å². The standard InChI is InChI=1S/C24H21NO2/c1-27-21-13-6-17(7-14-21)16-25-20-11-8-19(9-12-20)23-15-10-18-4-2-3-5-22(18)24(23)26/h2-9,11-14,16,23H,10,15H2,1H3. The number of methoxy groups -OCH3 is 1. The van der Waals surface area contributed by atoms with Crippen molar-refractivity contribution in [3.63, 3.8) is 0 Å². The molecule has 134 valence electrons. The first-order chi connectivity index (χ1) is 13.2. The van der Waals surface area contributed by atoms with Crippen LogP contribution in [0.1, 0.15) is 39.4 Å². The van der Waals surface area contributed by atoms with Crippen LogP contribution in [0.2, 0.25) is 0 Å². The first-order valence-corrected chi connectivity index (χ1v) is 9.15. The van der Waals surface area contributed by atoms with Gasteiger partial charge in [-0.2, -0.15) is 0 Å². The molecule has 0 radical (unpaired) electrons. The molecule has 0 aliphatic heterocycles. The lowest BCUT2D eigenvalue weighted by atomic mass is 9.79. The second-order valence-electron chi connectivity index (χ2n) is 6.74. The summed E-state index contributed by atoms with van der Waals surface area (Å²) in [4.78, 5) is 17.3. The van der Waals surface area contributed by atoms with E-state index in [9.17, 15) is 4.79 Å². The van der Waals surface area contributed by atoms with Gasteiger partial charge in [-0.25, -0.2) is 0 Å². The second kappa shape index (κ2) is 7.58. The van der Waals surface area contributed by atoms with Crippen molar-refractivity contribution < 1.29 is 9.53 Å². The number of Topliss-reactive ketones (excluding diaryl/α,β-unsaturated/α-hetero) is 1. The maximum atomic E-state index is 12.8. The lowest BCUT2D eigenvalue weighted by molar-refractivity contribution is 0.0946. The molecule has 0 heterocycles. The Hall–Kier alpha value is -3.20. The number of carbonyl (C=O) groups is 1. The van der Waals surface area contributed by atoms with E-state index >= 15 is 0 Å². The van der Waals surface area contributed by atoms with Gasteiger partial charge in [0.25, 0.3) is 0 Å². The van der Waals surface area contributed by atoms with Crippen LogP contribution in [0.25, 0.3) is 0 Å². The Balaban J connectivity index is 1.49. The maximum Gasteiger partial charge on any atom is 0.170 e. The Kier molecular flexibility index (Phi) is 4.84. The number of ketones is 1. The molecule has 3 nitrogen and oxygen atoms in total. The van der Waals surface area contributed by atoms with Crippen molar-refractivity contribution in [2.24, 2.45) is 4.99 Å². The molecule has 1 aliphatic carbocycles. The summed E-state index contributed by atoms with van der Waals surface area (Å²) in [5, 5.41) is 0. The minimum Gasteiger partial charge on any atom is -0.497 e. The van der Waals surface area contributed by atoms with Crippen molar-refractivity contribution >= 4 is 17.7 Å². The molecular formula is C24H21NO2. The van der Waals surface area contributed by atoms with Gasteiger partial charge in [-0.05, 0) is 65.9 Å². The Bertz CT molecular complexity index is 972. The van der Waals surface area contributed by atoms with E-state index in [1.807, 2.05) is 72.9 Å². The number of rotatable bonds is 4. The van der Waals surface area contributed by atoms with Crippen LogP contribution in [-0.2, 0) is 6.42 Å². The number of hydrogen-bond donors (Lipinski definition) is 0. The van der Waals surface area contributed by atoms with Gasteiger partial charge in [-0.1, -0.05) is 36.4 Å². The highest BCUT2D eigenvalue weighted by atomic mass is 16.5. The summed E-state index contributed by atoms with van der Waals surface area (Å²) in [5.74, 6) is 1.00. The lowest BCUT2D eigenvalue weighted by Crippen LogP contribution is -2.20. The summed E-state index contributed by atoms with van der Waals surface area (Å²) in [6.45, 7) is 0. The third-order valence-electron chi connectivity index (χ3n) is 5.08. The maximum absolute atomic E-state index is 12.8. The molecule has 0 saturated carbocycles. The van der Waals surface area contributed by atoms with E-state index < -0.39 is 0 Å². The molecule has 0 saturated heterocycles. The van der Waals surface area contributed by atoms with Crippen LogP contribution < -0.4 is 4.74 Å². The zero-order valence-electron chi connectivity index (χ0n) is 15.3. The van der Waals surface area contributed by atoms with Crippen LogP contribution in [0, 0.1) is 0 Å². The van der Waals surface area contributed by atoms with Crippen molar-refractivity contribution in [2.45, 2.75) is 18.8 Å². The topological polar surface area (TPSA) is 38.7 Å². The first kappa shape index (κ1) is 17.2. The predicted octanol–water partition coefficient (Wildman–Crippen LogP) is 5.36. The van der Waals surface area contributed by atoms with E-state index in [0.29, 0.717) is 0 Å². The van der Waals surface area contributed by atoms with Crippen molar-refractivity contribution in [2.75, 3.05) is 7.11 Å². The molecule has 0 fully saturated rings. The van der Waals surface area contributed by atoms with Crippen molar-refractivity contribution in [3.05, 3.63) is 95.1 Å². The van der Waals surface area contributed by atoms with E-state index in [-0.39, 0.29) is 11.7 Å². The summed E-state index contributed by atoms with van der Waals surface area (Å²) < 4.78 is 5.16. The highest BCUT2D eigenvalue weighted by molar-refractivity contribution is 6.03. The Morgan fingerprint density at radius 3 is 2.44 bits per heavy atom. The fourth-order valence-corrected chi connectivity index (χ4v) is 3.55. The summed E-state index contributed by atoms with van der Waals surface area (Å²) in [5.41, 5.74) is 4.99. The molecule has 0 bridgehead atoms. The van der Waals surface area contributed by atoms with E-state index in [0.717, 1.165) is 41.0 Å². The molecule has 1 unspecified atom stereocenters. The molecule has 0 aromatic heterocycles. The van der Waals surface area contributed by atoms with E-state index in [4.69, 9.17) is 4.74 Å². The smallest absolute Gasteiger partial charge is 0.170 e. The van der Waals surface area contributed by atoms with Gasteiger partial charge in [0, 0.05) is 17.7 Å². The quantitative estimate of drug-likeness (QED) is 0.591. The van der Waals surface area contributed by atoms with Crippen LogP contribution in [-0.4, -0.2) is 19.1 Å². The van der Waals surface area contributed by atoms with E-state index in [1.165, 1.54) is 5.56 Å². The molecule has 27 heavy (non-hydrogen) atoms. The molecule has 1 aliphatic rings. The Labute approximate surface area is 159 Å². The average Bonchev–Trinajstić information content (AvgIpc) is 2.74. The number of nitrogens with zero attached hydrogens (tertiary/aromatic N) is 1. The molecule has 0 amide bonds. The zero-order chi connectivity index (χ0) is 18.6. The largest absolute Gasteiger partial charge is 0.497 e. The third kappa shape index (κ3) is 3.68. The summed E-state index contributed by atoms with van der Waals surface area (Å²) >= 11 is 0. The van der Waals surface area contributed by atoms with Crippen LogP contribution >= 0.6 is 0 Å². The number of ether oxygens (including phenoxy) is 1. The van der Waals surface area contributed by atoms with Crippen molar-refractivity contribution in [3.8, 4) is 5.75 Å². The Morgan fingerprint density at radius 2 is 1.70 bits per heavy atom. The van der Waals surface area contributed by atoms with Crippen LogP contribution in [0.4, 0.5) is 5.69 Å². The Morgan fingerprint density at radius 1 is 0.963 bits per heavy atom. The molecule has 3 aromatic carbocycles. The molecule has 0 N–H and O–H groups in total. The molecule has 0 spiro atoms. The van der Waals surface area contributed by atoms with Crippen LogP contribution in [0.3, 0.4) is 0 Å². The number of hydrogen-bond acceptors (Lipinski definition) is 3. The van der Waals surface area contributed by atoms with Crippen molar-refractivity contribution in [1.29, 1.82) is 0 Å². The van der Waals surface area contributed by atoms with Gasteiger partial charge in [0.1, 0.15) is 5.75 Å². The average molecular weight is 355 g/mol. The fourth-order valence-electron chi connectivity index (χ4n) is 3.55. The van der Waals surface area contributed by atoms with Gasteiger partial charge >= 0.3 is 0 Å². The second-order valence-corrected chi connectivity index (χ2v) is 6.74. The minimum absolute atomic E-state index is 0.0560. The highest BCUT2D eigenvalue weighted by Crippen LogP contribution is 2.33. The number of benzene rings is 3. The number of aryl methyl sites for hydroxylation is 1. The first-order valence-electron chi connectivity index (χ1n) is 9.15. The SMILES string of the molecule is COc1ccc(C=Nc2ccc(C3CCc4ccccc4C3=O)cc2)cc1. The minimum atomic E-state index is -0.0560. The molecule has 4 rings (SSSR count). The lowest BCUT2D eigenvalue weighted by Gasteiger charge is -2.23. The highest BCUT2D eigenvalue weighted by Gasteiger charge is 2.28. The van der Waals surface area contributed by atoms with Gasteiger partial charge in [0.2, 0.25) is 0 Å². The molecular weight excluding hydrogens is 334 g/mol. The normalized spacial score (nSPS) is 16.3. The van der Waals surface area contributed by atoms with Gasteiger partial charge < -0.3 is 4.74 Å². The number of fused-ring (bicyclic) bond motifs is 1. The molecule has 3 heteroatoms. The van der Waals surface area contributed by atoms with Crippen LogP contribution in [0.15, 0.2) is 77.8 Å². The number of carbonyl (C=O) groups excluding carboxylic acids is 1. The predicted molar refractivity (Wildman–Crippen MR) is 109 cm³/mol. The molecule has 1 atom stereocenters. The zero-order valence-corrected chi connectivity index (χ0v) is 15.3. The monoisotopic (exact) mass is 355 g/mol. The fraction of sp³-hybridized carbons (Fsp3) is 0.167. The van der Waals surface area contributed by atoms with Gasteiger partial charge in [0.15, 0.2) is 5.78 Å². The van der Waals surface area contributed by atoms with Crippen LogP contribution in [0.5, 0.6) is 5.75 Å². The van der Waals surface area contributed by atoms with E-state index in [1.54, 1.807) is 7.11 Å².